The van der Waals surface area contributed by atoms with E-state index >= 15 is 0 Å². The maximum Gasteiger partial charge on any atom is 0.409 e. The van der Waals surface area contributed by atoms with Gasteiger partial charge in [0.25, 0.3) is 0 Å². The van der Waals surface area contributed by atoms with Gasteiger partial charge in [-0.05, 0) is 33.1 Å². The van der Waals surface area contributed by atoms with Gasteiger partial charge in [0.2, 0.25) is 0 Å². The molecule has 0 aromatic rings. The van der Waals surface area contributed by atoms with Crippen LogP contribution in [0.25, 0.3) is 0 Å². The zero-order valence-electron chi connectivity index (χ0n) is 12.5. The molecule has 1 heterocycles. The summed E-state index contributed by atoms with van der Waals surface area (Å²) in [6, 6.07) is 0. The number of esters is 1. The summed E-state index contributed by atoms with van der Waals surface area (Å²) in [6.07, 6.45) is 0.487. The molecule has 1 N–H and O–H groups in total. The van der Waals surface area contributed by atoms with E-state index in [0.717, 1.165) is 0 Å². The Morgan fingerprint density at radius 1 is 1.35 bits per heavy atom. The molecular formula is C14H25NO5. The summed E-state index contributed by atoms with van der Waals surface area (Å²) in [7, 11) is 0. The second kappa shape index (κ2) is 8.09. The highest BCUT2D eigenvalue weighted by Gasteiger charge is 2.33. The van der Waals surface area contributed by atoms with Crippen LogP contribution in [0.1, 0.15) is 33.6 Å². The van der Waals surface area contributed by atoms with Crippen molar-refractivity contribution in [3.63, 3.8) is 0 Å². The van der Waals surface area contributed by atoms with Crippen molar-refractivity contribution in [3.05, 3.63) is 0 Å². The number of rotatable bonds is 5. The van der Waals surface area contributed by atoms with Gasteiger partial charge in [0, 0.05) is 32.0 Å². The minimum absolute atomic E-state index is 0.0461. The first-order valence-electron chi connectivity index (χ1n) is 7.19. The molecular weight excluding hydrogens is 262 g/mol. The quantitative estimate of drug-likeness (QED) is 0.774. The molecule has 6 nitrogen and oxygen atoms in total. The molecule has 116 valence electrons. The Balaban J connectivity index is 2.51. The molecule has 1 unspecified atom stereocenters. The molecule has 0 radical (unpaired) electrons. The predicted molar refractivity (Wildman–Crippen MR) is 73.1 cm³/mol. The maximum absolute atomic E-state index is 11.7. The van der Waals surface area contributed by atoms with Gasteiger partial charge in [-0.2, -0.15) is 0 Å². The van der Waals surface area contributed by atoms with Crippen molar-refractivity contribution in [3.8, 4) is 0 Å². The van der Waals surface area contributed by atoms with E-state index in [9.17, 15) is 14.7 Å². The summed E-state index contributed by atoms with van der Waals surface area (Å²) in [5.41, 5.74) is 0. The molecule has 0 bridgehead atoms. The minimum atomic E-state index is -0.353. The van der Waals surface area contributed by atoms with E-state index in [1.165, 1.54) is 0 Å². The van der Waals surface area contributed by atoms with Crippen LogP contribution in [0.2, 0.25) is 0 Å². The Bertz CT molecular complexity index is 332. The van der Waals surface area contributed by atoms with E-state index < -0.39 is 0 Å². The first-order chi connectivity index (χ1) is 9.47. The van der Waals surface area contributed by atoms with Gasteiger partial charge in [0.15, 0.2) is 0 Å². The van der Waals surface area contributed by atoms with Crippen LogP contribution in [0.5, 0.6) is 0 Å². The Kier molecular flexibility index (Phi) is 6.78. The fourth-order valence-electron chi connectivity index (χ4n) is 2.46. The number of amides is 1. The lowest BCUT2D eigenvalue weighted by Crippen LogP contribution is -2.45. The van der Waals surface area contributed by atoms with Crippen LogP contribution in [0.15, 0.2) is 0 Å². The van der Waals surface area contributed by atoms with Crippen molar-refractivity contribution in [2.45, 2.75) is 39.7 Å². The molecule has 0 aromatic heterocycles. The Morgan fingerprint density at radius 3 is 2.60 bits per heavy atom. The van der Waals surface area contributed by atoms with Crippen molar-refractivity contribution >= 4 is 12.1 Å². The van der Waals surface area contributed by atoms with Crippen molar-refractivity contribution in [1.29, 1.82) is 0 Å². The van der Waals surface area contributed by atoms with Crippen LogP contribution in [0.4, 0.5) is 4.79 Å². The largest absolute Gasteiger partial charge is 0.463 e. The third-order valence-corrected chi connectivity index (χ3v) is 3.45. The molecule has 1 fully saturated rings. The van der Waals surface area contributed by atoms with Crippen molar-refractivity contribution in [2.75, 3.05) is 26.3 Å². The molecule has 20 heavy (non-hydrogen) atoms. The van der Waals surface area contributed by atoms with Crippen molar-refractivity contribution in [2.24, 2.45) is 11.8 Å². The van der Waals surface area contributed by atoms with Gasteiger partial charge in [-0.15, -0.1) is 0 Å². The zero-order valence-corrected chi connectivity index (χ0v) is 12.5. The fourth-order valence-corrected chi connectivity index (χ4v) is 2.46. The molecule has 1 aliphatic heterocycles. The molecule has 2 atom stereocenters. The molecule has 0 spiro atoms. The van der Waals surface area contributed by atoms with Crippen LogP contribution >= 0.6 is 0 Å². The van der Waals surface area contributed by atoms with Crippen LogP contribution in [0.3, 0.4) is 0 Å². The van der Waals surface area contributed by atoms with E-state index in [-0.39, 0.29) is 36.6 Å². The number of carbonyl (C=O) groups is 2. The zero-order chi connectivity index (χ0) is 15.1. The molecule has 1 rings (SSSR count). The van der Waals surface area contributed by atoms with E-state index in [1.807, 2.05) is 13.8 Å². The Hall–Kier alpha value is -1.30. The monoisotopic (exact) mass is 287 g/mol. The first kappa shape index (κ1) is 16.8. The molecule has 6 heteroatoms. The number of piperidine rings is 1. The van der Waals surface area contributed by atoms with Crippen LogP contribution in [0, 0.1) is 11.8 Å². The topological polar surface area (TPSA) is 76.1 Å². The smallest absolute Gasteiger partial charge is 0.409 e. The van der Waals surface area contributed by atoms with Gasteiger partial charge in [-0.1, -0.05) is 0 Å². The number of nitrogens with zero attached hydrogens (tertiary/aromatic N) is 1. The highest BCUT2D eigenvalue weighted by Crippen LogP contribution is 2.27. The second-order valence-corrected chi connectivity index (χ2v) is 5.38. The van der Waals surface area contributed by atoms with Gasteiger partial charge >= 0.3 is 12.1 Å². The van der Waals surface area contributed by atoms with E-state index in [1.54, 1.807) is 11.8 Å². The predicted octanol–water partition coefficient (Wildman–Crippen LogP) is 1.42. The number of carbonyl (C=O) groups excluding carboxylic acids is 2. The summed E-state index contributed by atoms with van der Waals surface area (Å²) in [4.78, 5) is 24.9. The first-order valence-corrected chi connectivity index (χ1v) is 7.19. The van der Waals surface area contributed by atoms with Crippen LogP contribution in [-0.4, -0.2) is 54.5 Å². The standard InChI is InChI=1S/C14H25NO5/c1-4-19-14(18)15-6-5-11(12(8-15)9-16)7-13(17)20-10(2)3/h10-12,16H,4-9H2,1-3H3/t11-,12?/m0/s1. The lowest BCUT2D eigenvalue weighted by molar-refractivity contribution is -0.149. The molecule has 0 saturated carbocycles. The Labute approximate surface area is 120 Å². The number of likely N-dealkylation sites (tertiary alicyclic amines) is 1. The second-order valence-electron chi connectivity index (χ2n) is 5.38. The summed E-state index contributed by atoms with van der Waals surface area (Å²) >= 11 is 0. The van der Waals surface area contributed by atoms with Crippen molar-refractivity contribution < 1.29 is 24.2 Å². The highest BCUT2D eigenvalue weighted by molar-refractivity contribution is 5.70. The Morgan fingerprint density at radius 2 is 2.05 bits per heavy atom. The van der Waals surface area contributed by atoms with Gasteiger partial charge in [-0.3, -0.25) is 4.79 Å². The maximum atomic E-state index is 11.7. The SMILES string of the molecule is CCOC(=O)N1CC[C@@H](CC(=O)OC(C)C)C(CO)C1. The molecule has 1 saturated heterocycles. The summed E-state index contributed by atoms with van der Waals surface area (Å²) in [6.45, 7) is 6.65. The minimum Gasteiger partial charge on any atom is -0.463 e. The number of hydrogen-bond acceptors (Lipinski definition) is 5. The molecule has 0 aromatic carbocycles. The van der Waals surface area contributed by atoms with Gasteiger partial charge in [0.1, 0.15) is 0 Å². The normalized spacial score (nSPS) is 22.8. The molecule has 0 aliphatic carbocycles. The van der Waals surface area contributed by atoms with E-state index in [4.69, 9.17) is 9.47 Å². The molecule has 1 amide bonds. The lowest BCUT2D eigenvalue weighted by Gasteiger charge is -2.36. The van der Waals surface area contributed by atoms with E-state index in [0.29, 0.717) is 32.5 Å². The van der Waals surface area contributed by atoms with Gasteiger partial charge < -0.3 is 19.5 Å². The average Bonchev–Trinajstić information content (AvgIpc) is 2.38. The van der Waals surface area contributed by atoms with Crippen LogP contribution in [-0.2, 0) is 14.3 Å². The van der Waals surface area contributed by atoms with Gasteiger partial charge in [0.05, 0.1) is 12.7 Å². The third kappa shape index (κ3) is 5.00. The average molecular weight is 287 g/mol. The number of aliphatic hydroxyl groups is 1. The van der Waals surface area contributed by atoms with Crippen LogP contribution < -0.4 is 0 Å². The van der Waals surface area contributed by atoms with E-state index in [2.05, 4.69) is 0 Å². The highest BCUT2D eigenvalue weighted by atomic mass is 16.6. The summed E-state index contributed by atoms with van der Waals surface area (Å²) in [5, 5.41) is 9.45. The summed E-state index contributed by atoms with van der Waals surface area (Å²) in [5.74, 6) is -0.294. The number of aliphatic hydroxyl groups excluding tert-OH is 1. The third-order valence-electron chi connectivity index (χ3n) is 3.45. The summed E-state index contributed by atoms with van der Waals surface area (Å²) < 4.78 is 10.1. The fraction of sp³-hybridized carbons (Fsp3) is 0.857. The number of hydrogen-bond donors (Lipinski definition) is 1. The molecule has 1 aliphatic rings. The lowest BCUT2D eigenvalue weighted by atomic mass is 9.84. The van der Waals surface area contributed by atoms with Gasteiger partial charge in [-0.25, -0.2) is 4.79 Å². The van der Waals surface area contributed by atoms with Crippen molar-refractivity contribution in [1.82, 2.24) is 4.90 Å². The number of ether oxygens (including phenoxy) is 2.